The molecule has 0 aromatic carbocycles. The van der Waals surface area contributed by atoms with Gasteiger partial charge in [-0.3, -0.25) is 28.8 Å². The van der Waals surface area contributed by atoms with E-state index < -0.39 is 32.5 Å². The van der Waals surface area contributed by atoms with Crippen molar-refractivity contribution in [3.8, 4) is 0 Å². The molecule has 0 bridgehead atoms. The van der Waals surface area contributed by atoms with Gasteiger partial charge in [-0.2, -0.15) is 0 Å². The van der Waals surface area contributed by atoms with E-state index in [1.807, 2.05) is 125 Å². The standard InChI is InChI=1S/3C11H20O2.Tb/c3*1-10(2,3)8(12)7-9(13)11(4,5)6;/h3*7H2,1-6H3;/q;;;+3. The summed E-state index contributed by atoms with van der Waals surface area (Å²) < 4.78 is 0. The van der Waals surface area contributed by atoms with Crippen LogP contribution in [0.1, 0.15) is 144 Å². The van der Waals surface area contributed by atoms with Crippen LogP contribution in [0.5, 0.6) is 0 Å². The monoisotopic (exact) mass is 711 g/mol. The van der Waals surface area contributed by atoms with E-state index in [9.17, 15) is 28.8 Å². The molecule has 0 aliphatic rings. The molecule has 0 amide bonds. The predicted molar refractivity (Wildman–Crippen MR) is 161 cm³/mol. The van der Waals surface area contributed by atoms with E-state index >= 15 is 0 Å². The van der Waals surface area contributed by atoms with Crippen LogP contribution >= 0.6 is 0 Å². The van der Waals surface area contributed by atoms with Gasteiger partial charge in [0.15, 0.2) is 0 Å². The van der Waals surface area contributed by atoms with E-state index in [0.717, 1.165) is 0 Å². The van der Waals surface area contributed by atoms with Crippen LogP contribution in [0.25, 0.3) is 0 Å². The van der Waals surface area contributed by atoms with Crippen LogP contribution in [0.2, 0.25) is 0 Å². The van der Waals surface area contributed by atoms with Crippen LogP contribution in [-0.4, -0.2) is 34.7 Å². The maximum Gasteiger partial charge on any atom is 3.00 e. The van der Waals surface area contributed by atoms with E-state index in [1.165, 1.54) is 0 Å². The molecule has 0 unspecified atom stereocenters. The number of ketones is 6. The summed E-state index contributed by atoms with van der Waals surface area (Å²) in [7, 11) is 0. The Labute approximate surface area is 276 Å². The van der Waals surface area contributed by atoms with Crippen molar-refractivity contribution in [2.24, 2.45) is 32.5 Å². The van der Waals surface area contributed by atoms with Crippen LogP contribution in [0, 0.1) is 71.1 Å². The van der Waals surface area contributed by atoms with Crippen LogP contribution in [0.15, 0.2) is 0 Å². The molecule has 0 N–H and O–H groups in total. The van der Waals surface area contributed by atoms with Gasteiger partial charge in [-0.25, -0.2) is 0 Å². The van der Waals surface area contributed by atoms with E-state index in [0.29, 0.717) is 0 Å². The molecular formula is C33H60O6Tb+3. The van der Waals surface area contributed by atoms with Gasteiger partial charge in [0.2, 0.25) is 0 Å². The molecule has 0 heterocycles. The molecule has 0 aromatic heterocycles. The summed E-state index contributed by atoms with van der Waals surface area (Å²) in [6.07, 6.45) is 0.187. The molecular weight excluding hydrogens is 651 g/mol. The Morgan fingerprint density at radius 1 is 0.275 bits per heavy atom. The number of carbonyl (C=O) groups is 6. The van der Waals surface area contributed by atoms with E-state index in [1.54, 1.807) is 0 Å². The summed E-state index contributed by atoms with van der Waals surface area (Å²) in [6, 6.07) is 0. The van der Waals surface area contributed by atoms with Gasteiger partial charge in [0, 0.05) is 32.5 Å². The van der Waals surface area contributed by atoms with Gasteiger partial charge >= 0.3 is 38.6 Å². The Balaban J connectivity index is -0.000000240. The minimum atomic E-state index is -0.402. The molecule has 6 nitrogen and oxygen atoms in total. The van der Waals surface area contributed by atoms with Gasteiger partial charge in [0.1, 0.15) is 34.7 Å². The molecule has 0 radical (unpaired) electrons. The Bertz CT molecular complexity index is 693. The second-order valence-corrected chi connectivity index (χ2v) is 16.6. The number of rotatable bonds is 6. The van der Waals surface area contributed by atoms with Crippen LogP contribution in [0.4, 0.5) is 0 Å². The van der Waals surface area contributed by atoms with Crippen molar-refractivity contribution in [2.45, 2.75) is 144 Å². The Morgan fingerprint density at radius 3 is 0.400 bits per heavy atom. The third-order valence-corrected chi connectivity index (χ3v) is 5.98. The van der Waals surface area contributed by atoms with Gasteiger partial charge in [0.05, 0.1) is 19.3 Å². The molecule has 234 valence electrons. The van der Waals surface area contributed by atoms with Gasteiger partial charge in [-0.15, -0.1) is 0 Å². The zero-order valence-corrected chi connectivity index (χ0v) is 31.0. The maximum absolute atomic E-state index is 11.5. The first-order chi connectivity index (χ1) is 16.6. The van der Waals surface area contributed by atoms with Gasteiger partial charge in [-0.05, 0) is 0 Å². The van der Waals surface area contributed by atoms with Crippen molar-refractivity contribution in [3.05, 3.63) is 0 Å². The molecule has 0 saturated heterocycles. The molecule has 0 rings (SSSR count). The molecule has 0 saturated carbocycles. The first-order valence-electron chi connectivity index (χ1n) is 13.8. The minimum absolute atomic E-state index is 0. The minimum Gasteiger partial charge on any atom is -0.299 e. The third-order valence-electron chi connectivity index (χ3n) is 5.98. The number of Topliss-reactive ketones (excluding diaryl/α,β-unsaturated/α-hetero) is 6. The fourth-order valence-corrected chi connectivity index (χ4v) is 2.03. The average molecular weight is 712 g/mol. The summed E-state index contributed by atoms with van der Waals surface area (Å²) in [5.41, 5.74) is -2.41. The number of hydrogen-bond acceptors (Lipinski definition) is 6. The Hall–Kier alpha value is -0.694. The third kappa shape index (κ3) is 22.0. The van der Waals surface area contributed by atoms with E-state index in [-0.39, 0.29) is 92.6 Å². The smallest absolute Gasteiger partial charge is 0.299 e. The predicted octanol–water partition coefficient (Wildman–Crippen LogP) is 7.82. The van der Waals surface area contributed by atoms with Gasteiger partial charge in [0.25, 0.3) is 0 Å². The van der Waals surface area contributed by atoms with Crippen LogP contribution in [0.3, 0.4) is 0 Å². The normalized spacial score (nSPS) is 12.4. The van der Waals surface area contributed by atoms with Gasteiger partial charge in [-0.1, -0.05) is 125 Å². The first-order valence-corrected chi connectivity index (χ1v) is 13.8. The molecule has 0 spiro atoms. The molecule has 0 aliphatic heterocycles. The fourth-order valence-electron chi connectivity index (χ4n) is 2.03. The largest absolute Gasteiger partial charge is 3.00 e. The van der Waals surface area contributed by atoms with Crippen LogP contribution in [-0.2, 0) is 28.8 Å². The summed E-state index contributed by atoms with van der Waals surface area (Å²) >= 11 is 0. The molecule has 0 aliphatic carbocycles. The zero-order chi connectivity index (χ0) is 32.6. The second kappa shape index (κ2) is 16.8. The van der Waals surface area contributed by atoms with Crippen molar-refractivity contribution >= 4 is 34.7 Å². The summed E-state index contributed by atoms with van der Waals surface area (Å²) in [5, 5.41) is 0. The quantitative estimate of drug-likeness (QED) is 0.261. The topological polar surface area (TPSA) is 102 Å². The van der Waals surface area contributed by atoms with Crippen molar-refractivity contribution in [1.29, 1.82) is 0 Å². The van der Waals surface area contributed by atoms with Gasteiger partial charge < -0.3 is 0 Å². The first kappa shape index (κ1) is 46.3. The second-order valence-electron chi connectivity index (χ2n) is 16.6. The SMILES string of the molecule is CC(C)(C)C(=O)CC(=O)C(C)(C)C.CC(C)(C)C(=O)CC(=O)C(C)(C)C.CC(C)(C)C(=O)CC(=O)C(C)(C)C.[Tb+3]. The van der Waals surface area contributed by atoms with Crippen molar-refractivity contribution in [2.75, 3.05) is 0 Å². The van der Waals surface area contributed by atoms with Crippen molar-refractivity contribution in [1.82, 2.24) is 0 Å². The zero-order valence-electron chi connectivity index (χ0n) is 28.9. The fraction of sp³-hybridized carbons (Fsp3) is 0.818. The number of hydrogen-bond donors (Lipinski definition) is 0. The molecule has 40 heavy (non-hydrogen) atoms. The maximum atomic E-state index is 11.5. The van der Waals surface area contributed by atoms with Crippen molar-refractivity contribution in [3.63, 3.8) is 0 Å². The summed E-state index contributed by atoms with van der Waals surface area (Å²) in [6.45, 7) is 33.1. The molecule has 0 fully saturated rings. The van der Waals surface area contributed by atoms with Crippen LogP contribution < -0.4 is 0 Å². The summed E-state index contributed by atoms with van der Waals surface area (Å²) in [4.78, 5) is 69.0. The average Bonchev–Trinajstić information content (AvgIpc) is 2.64. The Morgan fingerprint density at radius 2 is 0.350 bits per heavy atom. The van der Waals surface area contributed by atoms with E-state index in [4.69, 9.17) is 0 Å². The molecule has 7 heteroatoms. The number of carbonyl (C=O) groups excluding carboxylic acids is 6. The molecule has 0 aromatic rings. The Kier molecular flexibility index (Phi) is 19.5. The van der Waals surface area contributed by atoms with Crippen molar-refractivity contribution < 1.29 is 67.4 Å². The molecule has 0 atom stereocenters. The van der Waals surface area contributed by atoms with E-state index in [2.05, 4.69) is 0 Å². The summed E-state index contributed by atoms with van der Waals surface area (Å²) in [5.74, 6) is 0.125.